The molecule has 4 unspecified atom stereocenters. The summed E-state index contributed by atoms with van der Waals surface area (Å²) in [7, 11) is 0. The molecule has 0 bridgehead atoms. The second-order valence-corrected chi connectivity index (χ2v) is 9.22. The van der Waals surface area contributed by atoms with E-state index in [9.17, 15) is 14.7 Å². The van der Waals surface area contributed by atoms with E-state index in [0.29, 0.717) is 24.5 Å². The molecular weight excluding hydrogens is 431 g/mol. The Hall–Kier alpha value is -1.11. The van der Waals surface area contributed by atoms with Crippen molar-refractivity contribution in [3.8, 4) is 5.75 Å². The molecule has 1 aromatic carbocycles. The van der Waals surface area contributed by atoms with E-state index < -0.39 is 0 Å². The van der Waals surface area contributed by atoms with E-state index in [1.165, 1.54) is 12.5 Å². The first-order valence-electron chi connectivity index (χ1n) is 9.03. The number of phenols is 1. The summed E-state index contributed by atoms with van der Waals surface area (Å²) >= 11 is 2.17. The van der Waals surface area contributed by atoms with Crippen molar-refractivity contribution in [2.45, 2.75) is 58.0 Å². The van der Waals surface area contributed by atoms with Gasteiger partial charge in [0.15, 0.2) is 0 Å². The smallest absolute Gasteiger partial charge is 0.302 e. The summed E-state index contributed by atoms with van der Waals surface area (Å²) in [5.74, 6) is 1.18. The van der Waals surface area contributed by atoms with Crippen LogP contribution in [-0.2, 0) is 20.7 Å². The van der Waals surface area contributed by atoms with Gasteiger partial charge >= 0.3 is 5.97 Å². The summed E-state index contributed by atoms with van der Waals surface area (Å²) in [6.07, 6.45) is 3.82. The van der Waals surface area contributed by atoms with Gasteiger partial charge in [0, 0.05) is 31.1 Å². The van der Waals surface area contributed by atoms with E-state index in [2.05, 4.69) is 35.6 Å². The number of ketones is 1. The first-order chi connectivity index (χ1) is 11.8. The summed E-state index contributed by atoms with van der Waals surface area (Å²) in [5.41, 5.74) is 2.09. The number of aromatic hydroxyl groups is 1. The van der Waals surface area contributed by atoms with Crippen molar-refractivity contribution in [2.75, 3.05) is 0 Å². The van der Waals surface area contributed by atoms with Gasteiger partial charge in [0.25, 0.3) is 0 Å². The molecule has 4 rings (SSSR count). The van der Waals surface area contributed by atoms with E-state index in [-0.39, 0.29) is 35.1 Å². The lowest BCUT2D eigenvalue weighted by atomic mass is 9.55. The number of benzene rings is 1. The third-order valence-electron chi connectivity index (χ3n) is 6.82. The van der Waals surface area contributed by atoms with Crippen molar-refractivity contribution in [3.63, 3.8) is 0 Å². The summed E-state index contributed by atoms with van der Waals surface area (Å²) in [6, 6.07) is 3.92. The van der Waals surface area contributed by atoms with Crippen molar-refractivity contribution in [1.82, 2.24) is 0 Å². The van der Waals surface area contributed by atoms with Gasteiger partial charge in [0.2, 0.25) is 0 Å². The van der Waals surface area contributed by atoms with Gasteiger partial charge in [-0.15, -0.1) is 0 Å². The molecule has 25 heavy (non-hydrogen) atoms. The SMILES string of the molecule is CC(=O)OC1Cc2cc(O)c(I)cc2C2CC[C@]3(C)C(=O)CCC3C12. The number of halogens is 1. The van der Waals surface area contributed by atoms with Crippen LogP contribution in [0.3, 0.4) is 0 Å². The summed E-state index contributed by atoms with van der Waals surface area (Å²) in [6.45, 7) is 3.57. The number of hydrogen-bond acceptors (Lipinski definition) is 4. The van der Waals surface area contributed by atoms with Crippen LogP contribution >= 0.6 is 22.6 Å². The Morgan fingerprint density at radius 1 is 1.36 bits per heavy atom. The number of hydrogen-bond donors (Lipinski definition) is 1. The maximum absolute atomic E-state index is 12.5. The average Bonchev–Trinajstić information content (AvgIpc) is 2.84. The molecule has 5 atom stereocenters. The predicted molar refractivity (Wildman–Crippen MR) is 101 cm³/mol. The number of ether oxygens (including phenoxy) is 1. The standard InChI is InChI=1S/C20H23IO4/c1-10(22)25-17-8-11-7-16(23)15(21)9-13(11)12-5-6-20(2)14(19(12)17)3-4-18(20)24/h7,9,12,14,17,19,23H,3-6,8H2,1-2H3/t12?,14?,17?,19?,20-/m0/s1. The second kappa shape index (κ2) is 5.96. The molecule has 0 radical (unpaired) electrons. The van der Waals surface area contributed by atoms with Crippen LogP contribution in [0.15, 0.2) is 12.1 Å². The van der Waals surface area contributed by atoms with Gasteiger partial charge in [0.05, 0.1) is 3.57 Å². The zero-order valence-electron chi connectivity index (χ0n) is 14.5. The van der Waals surface area contributed by atoms with Gasteiger partial charge < -0.3 is 9.84 Å². The van der Waals surface area contributed by atoms with Crippen LogP contribution in [0.5, 0.6) is 5.75 Å². The molecule has 1 aromatic rings. The van der Waals surface area contributed by atoms with Crippen LogP contribution in [0.4, 0.5) is 0 Å². The molecule has 2 fully saturated rings. The van der Waals surface area contributed by atoms with Crippen molar-refractivity contribution in [3.05, 3.63) is 26.8 Å². The van der Waals surface area contributed by atoms with Gasteiger partial charge in [-0.25, -0.2) is 0 Å². The Kier molecular flexibility index (Phi) is 4.13. The van der Waals surface area contributed by atoms with Crippen molar-refractivity contribution in [2.24, 2.45) is 17.3 Å². The van der Waals surface area contributed by atoms with Crippen molar-refractivity contribution < 1.29 is 19.4 Å². The molecular formula is C20H23IO4. The first-order valence-corrected chi connectivity index (χ1v) is 10.1. The lowest BCUT2D eigenvalue weighted by molar-refractivity contribution is -0.155. The minimum absolute atomic E-state index is 0.196. The zero-order valence-corrected chi connectivity index (χ0v) is 16.7. The van der Waals surface area contributed by atoms with Crippen LogP contribution in [0.2, 0.25) is 0 Å². The van der Waals surface area contributed by atoms with E-state index >= 15 is 0 Å². The number of rotatable bonds is 1. The van der Waals surface area contributed by atoms with E-state index in [1.54, 1.807) is 0 Å². The number of carbonyl (C=O) groups is 2. The highest BCUT2D eigenvalue weighted by molar-refractivity contribution is 14.1. The Morgan fingerprint density at radius 2 is 2.12 bits per heavy atom. The lowest BCUT2D eigenvalue weighted by Crippen LogP contribution is -2.49. The number of phenolic OH excluding ortho intramolecular Hbond substituents is 1. The van der Waals surface area contributed by atoms with Crippen molar-refractivity contribution in [1.29, 1.82) is 0 Å². The fourth-order valence-electron chi connectivity index (χ4n) is 5.68. The van der Waals surface area contributed by atoms with E-state index in [0.717, 1.165) is 28.4 Å². The molecule has 3 aliphatic rings. The molecule has 2 saturated carbocycles. The van der Waals surface area contributed by atoms with Gasteiger partial charge in [-0.3, -0.25) is 9.59 Å². The molecule has 5 heteroatoms. The largest absolute Gasteiger partial charge is 0.507 e. The maximum atomic E-state index is 12.5. The van der Waals surface area contributed by atoms with Crippen LogP contribution in [-0.4, -0.2) is 23.0 Å². The predicted octanol–water partition coefficient (Wildman–Crippen LogP) is 3.96. The molecule has 3 aliphatic carbocycles. The molecule has 0 spiro atoms. The monoisotopic (exact) mass is 454 g/mol. The molecule has 1 N–H and O–H groups in total. The lowest BCUT2D eigenvalue weighted by Gasteiger charge is -2.50. The third kappa shape index (κ3) is 2.61. The first kappa shape index (κ1) is 17.3. The molecule has 4 nitrogen and oxygen atoms in total. The fourth-order valence-corrected chi connectivity index (χ4v) is 6.17. The van der Waals surface area contributed by atoms with E-state index in [1.807, 2.05) is 6.07 Å². The Bertz CT molecular complexity index is 758. The fraction of sp³-hybridized carbons (Fsp3) is 0.600. The van der Waals surface area contributed by atoms with Gasteiger partial charge in [0.1, 0.15) is 17.6 Å². The highest BCUT2D eigenvalue weighted by Crippen LogP contribution is 2.60. The minimum Gasteiger partial charge on any atom is -0.507 e. The molecule has 0 aromatic heterocycles. The van der Waals surface area contributed by atoms with Crippen LogP contribution < -0.4 is 0 Å². The normalized spacial score (nSPS) is 36.4. The van der Waals surface area contributed by atoms with E-state index in [4.69, 9.17) is 4.74 Å². The average molecular weight is 454 g/mol. The van der Waals surface area contributed by atoms with Crippen LogP contribution in [0.1, 0.15) is 56.6 Å². The number of esters is 1. The van der Waals surface area contributed by atoms with Crippen LogP contribution in [0.25, 0.3) is 0 Å². The minimum atomic E-state index is -0.265. The summed E-state index contributed by atoms with van der Waals surface area (Å²) < 4.78 is 6.60. The molecule has 134 valence electrons. The van der Waals surface area contributed by atoms with Crippen molar-refractivity contribution >= 4 is 34.3 Å². The number of Topliss-reactive ketones (excluding diaryl/α,β-unsaturated/α-hetero) is 1. The topological polar surface area (TPSA) is 63.6 Å². The zero-order chi connectivity index (χ0) is 17.9. The molecule has 0 saturated heterocycles. The summed E-state index contributed by atoms with van der Waals surface area (Å²) in [5, 5.41) is 10.1. The highest BCUT2D eigenvalue weighted by atomic mass is 127. The second-order valence-electron chi connectivity index (χ2n) is 8.06. The summed E-state index contributed by atoms with van der Waals surface area (Å²) in [4.78, 5) is 24.3. The van der Waals surface area contributed by atoms with Gasteiger partial charge in [-0.2, -0.15) is 0 Å². The highest BCUT2D eigenvalue weighted by Gasteiger charge is 2.57. The Balaban J connectivity index is 1.81. The quantitative estimate of drug-likeness (QED) is 0.516. The third-order valence-corrected chi connectivity index (χ3v) is 7.68. The Morgan fingerprint density at radius 3 is 2.84 bits per heavy atom. The number of carbonyl (C=O) groups excluding carboxylic acids is 2. The maximum Gasteiger partial charge on any atom is 0.302 e. The molecule has 0 heterocycles. The van der Waals surface area contributed by atoms with Gasteiger partial charge in [-0.1, -0.05) is 6.92 Å². The Labute approximate surface area is 161 Å². The molecule has 0 aliphatic heterocycles. The number of fused-ring (bicyclic) bond motifs is 5. The van der Waals surface area contributed by atoms with Gasteiger partial charge in [-0.05, 0) is 76.9 Å². The molecule has 0 amide bonds. The van der Waals surface area contributed by atoms with Crippen LogP contribution in [0, 0.1) is 20.8 Å².